The fraction of sp³-hybridized carbons (Fsp3) is 0.360. The Morgan fingerprint density at radius 3 is 2.97 bits per heavy atom. The molecule has 2 fully saturated rings. The lowest BCUT2D eigenvalue weighted by atomic mass is 10.1. The molecule has 0 radical (unpaired) electrons. The quantitative estimate of drug-likeness (QED) is 0.501. The number of benzene rings is 1. The van der Waals surface area contributed by atoms with Crippen molar-refractivity contribution in [2.45, 2.75) is 31.2 Å². The topological polar surface area (TPSA) is 69.9 Å². The van der Waals surface area contributed by atoms with E-state index in [4.69, 9.17) is 19.2 Å². The summed E-state index contributed by atoms with van der Waals surface area (Å²) < 4.78 is 33.8. The van der Waals surface area contributed by atoms with Crippen LogP contribution in [0.15, 0.2) is 54.9 Å². The Hall–Kier alpha value is -3.23. The van der Waals surface area contributed by atoms with Gasteiger partial charge in [-0.2, -0.15) is 0 Å². The fourth-order valence-electron chi connectivity index (χ4n) is 4.47. The van der Waals surface area contributed by atoms with E-state index in [2.05, 4.69) is 10.3 Å². The number of fused-ring (bicyclic) bond motifs is 2. The molecule has 0 saturated carbocycles. The van der Waals surface area contributed by atoms with Gasteiger partial charge in [-0.3, -0.25) is 4.40 Å². The summed E-state index contributed by atoms with van der Waals surface area (Å²) >= 11 is 0. The molecular formula is C25H25FN4O3. The highest BCUT2D eigenvalue weighted by Gasteiger charge is 2.27. The number of nitrogens with one attached hydrogen (secondary N) is 1. The normalized spacial score (nSPS) is 23.2. The van der Waals surface area contributed by atoms with Crippen LogP contribution in [0, 0.1) is 0 Å². The molecule has 0 spiro atoms. The minimum atomic E-state index is -1.04. The van der Waals surface area contributed by atoms with Crippen molar-refractivity contribution in [2.75, 3.05) is 26.3 Å². The molecule has 2 aliphatic heterocycles. The first kappa shape index (κ1) is 20.4. The number of halogens is 1. The second-order valence-electron chi connectivity index (χ2n) is 8.53. The fourth-order valence-corrected chi connectivity index (χ4v) is 4.47. The molecular weight excluding hydrogens is 423 g/mol. The van der Waals surface area contributed by atoms with E-state index in [0.29, 0.717) is 25.3 Å². The van der Waals surface area contributed by atoms with Crippen molar-refractivity contribution in [3.8, 4) is 22.9 Å². The van der Waals surface area contributed by atoms with Gasteiger partial charge in [0, 0.05) is 30.6 Å². The Kier molecular flexibility index (Phi) is 5.32. The van der Waals surface area contributed by atoms with Crippen LogP contribution in [0.5, 0.6) is 11.5 Å². The van der Waals surface area contributed by atoms with Crippen molar-refractivity contribution in [3.05, 3.63) is 54.9 Å². The van der Waals surface area contributed by atoms with E-state index in [9.17, 15) is 4.39 Å². The van der Waals surface area contributed by atoms with Gasteiger partial charge in [0.1, 0.15) is 41.0 Å². The number of hydrogen-bond donors (Lipinski definition) is 1. The van der Waals surface area contributed by atoms with Gasteiger partial charge in [-0.1, -0.05) is 18.2 Å². The molecule has 170 valence electrons. The molecule has 0 amide bonds. The SMILES string of the molecule is F[C@H]1CNCC[C@@H]1Oc1cccc2ccc(-c3cnc4cc(O[C@@H]5CCOC5)ccn34)nc12. The van der Waals surface area contributed by atoms with Crippen molar-refractivity contribution in [3.63, 3.8) is 0 Å². The van der Waals surface area contributed by atoms with Crippen LogP contribution >= 0.6 is 0 Å². The molecule has 2 saturated heterocycles. The van der Waals surface area contributed by atoms with E-state index < -0.39 is 12.3 Å². The molecule has 3 atom stereocenters. The zero-order chi connectivity index (χ0) is 22.2. The minimum Gasteiger partial charge on any atom is -0.488 e. The molecule has 5 heterocycles. The largest absolute Gasteiger partial charge is 0.488 e. The number of nitrogens with zero attached hydrogens (tertiary/aromatic N) is 3. The lowest BCUT2D eigenvalue weighted by Gasteiger charge is -2.27. The van der Waals surface area contributed by atoms with Gasteiger partial charge in [-0.25, -0.2) is 14.4 Å². The number of aromatic nitrogens is 3. The molecule has 2 aliphatic rings. The van der Waals surface area contributed by atoms with Crippen LogP contribution in [-0.2, 0) is 4.74 Å². The third-order valence-electron chi connectivity index (χ3n) is 6.25. The lowest BCUT2D eigenvalue weighted by Crippen LogP contribution is -2.44. The van der Waals surface area contributed by atoms with Gasteiger partial charge in [-0.05, 0) is 31.2 Å². The van der Waals surface area contributed by atoms with Gasteiger partial charge in [0.2, 0.25) is 0 Å². The smallest absolute Gasteiger partial charge is 0.149 e. The Morgan fingerprint density at radius 1 is 1.12 bits per heavy atom. The predicted molar refractivity (Wildman–Crippen MR) is 123 cm³/mol. The second-order valence-corrected chi connectivity index (χ2v) is 8.53. The highest BCUT2D eigenvalue weighted by molar-refractivity contribution is 5.86. The second kappa shape index (κ2) is 8.61. The van der Waals surface area contributed by atoms with Gasteiger partial charge in [0.15, 0.2) is 0 Å². The van der Waals surface area contributed by atoms with Crippen LogP contribution in [0.3, 0.4) is 0 Å². The molecule has 0 unspecified atom stereocenters. The third-order valence-corrected chi connectivity index (χ3v) is 6.25. The molecule has 8 heteroatoms. The number of alkyl halides is 1. The summed E-state index contributed by atoms with van der Waals surface area (Å²) in [7, 11) is 0. The third kappa shape index (κ3) is 4.00. The maximum Gasteiger partial charge on any atom is 0.149 e. The van der Waals surface area contributed by atoms with E-state index in [-0.39, 0.29) is 6.10 Å². The monoisotopic (exact) mass is 448 g/mol. The molecule has 1 N–H and O–H groups in total. The van der Waals surface area contributed by atoms with Crippen molar-refractivity contribution in [2.24, 2.45) is 0 Å². The van der Waals surface area contributed by atoms with Gasteiger partial charge in [-0.15, -0.1) is 0 Å². The number of rotatable bonds is 5. The van der Waals surface area contributed by atoms with Crippen LogP contribution in [-0.4, -0.2) is 59.1 Å². The number of ether oxygens (including phenoxy) is 3. The zero-order valence-electron chi connectivity index (χ0n) is 18.1. The molecule has 4 aromatic rings. The van der Waals surface area contributed by atoms with Crippen molar-refractivity contribution >= 4 is 16.6 Å². The van der Waals surface area contributed by atoms with Crippen LogP contribution in [0.2, 0.25) is 0 Å². The summed E-state index contributed by atoms with van der Waals surface area (Å²) in [5.41, 5.74) is 3.13. The summed E-state index contributed by atoms with van der Waals surface area (Å²) in [6, 6.07) is 13.6. The van der Waals surface area contributed by atoms with E-state index in [1.54, 1.807) is 6.20 Å². The Balaban J connectivity index is 1.32. The average molecular weight is 448 g/mol. The van der Waals surface area contributed by atoms with E-state index in [1.165, 1.54) is 0 Å². The first-order valence-corrected chi connectivity index (χ1v) is 11.4. The minimum absolute atomic E-state index is 0.0892. The Labute approximate surface area is 190 Å². The van der Waals surface area contributed by atoms with Crippen LogP contribution in [0.4, 0.5) is 4.39 Å². The lowest BCUT2D eigenvalue weighted by molar-refractivity contribution is 0.0743. The Morgan fingerprint density at radius 2 is 2.09 bits per heavy atom. The van der Waals surface area contributed by atoms with Crippen molar-refractivity contribution in [1.29, 1.82) is 0 Å². The summed E-state index contributed by atoms with van der Waals surface area (Å²) in [6.07, 6.45) is 3.86. The highest BCUT2D eigenvalue weighted by Crippen LogP contribution is 2.30. The van der Waals surface area contributed by atoms with Gasteiger partial charge >= 0.3 is 0 Å². The number of imidazole rings is 1. The van der Waals surface area contributed by atoms with Crippen molar-refractivity contribution < 1.29 is 18.6 Å². The molecule has 7 nitrogen and oxygen atoms in total. The van der Waals surface area contributed by atoms with Crippen LogP contribution in [0.1, 0.15) is 12.8 Å². The summed E-state index contributed by atoms with van der Waals surface area (Å²) in [5.74, 6) is 1.38. The highest BCUT2D eigenvalue weighted by atomic mass is 19.1. The number of pyridine rings is 2. The standard InChI is InChI=1S/C25H25FN4O3/c26-19-13-27-9-6-22(19)33-23-3-1-2-16-4-5-20(29-25(16)23)21-14-28-24-12-17(7-10-30(21)24)32-18-8-11-31-15-18/h1-5,7,10,12,14,18-19,22,27H,6,8-9,11,13,15H2/t18-,19+,22+/m1/s1. The zero-order valence-corrected chi connectivity index (χ0v) is 18.1. The maximum atomic E-state index is 14.3. The summed E-state index contributed by atoms with van der Waals surface area (Å²) in [5, 5.41) is 4.01. The number of hydrogen-bond acceptors (Lipinski definition) is 6. The molecule has 33 heavy (non-hydrogen) atoms. The summed E-state index contributed by atoms with van der Waals surface area (Å²) in [4.78, 5) is 9.45. The van der Waals surface area contributed by atoms with E-state index in [1.807, 2.05) is 53.1 Å². The molecule has 3 aromatic heterocycles. The van der Waals surface area contributed by atoms with Crippen LogP contribution < -0.4 is 14.8 Å². The molecule has 1 aromatic carbocycles. The molecule has 0 bridgehead atoms. The molecule has 6 rings (SSSR count). The van der Waals surface area contributed by atoms with Gasteiger partial charge < -0.3 is 19.5 Å². The average Bonchev–Trinajstić information content (AvgIpc) is 3.50. The maximum absolute atomic E-state index is 14.3. The number of para-hydroxylation sites is 1. The van der Waals surface area contributed by atoms with E-state index in [0.717, 1.165) is 53.3 Å². The summed E-state index contributed by atoms with van der Waals surface area (Å²) in [6.45, 7) is 2.42. The Bertz CT molecular complexity index is 1290. The van der Waals surface area contributed by atoms with Gasteiger partial charge in [0.05, 0.1) is 30.8 Å². The van der Waals surface area contributed by atoms with Gasteiger partial charge in [0.25, 0.3) is 0 Å². The first-order valence-electron chi connectivity index (χ1n) is 11.4. The molecule has 0 aliphatic carbocycles. The number of piperidine rings is 1. The van der Waals surface area contributed by atoms with Crippen molar-refractivity contribution in [1.82, 2.24) is 19.7 Å². The predicted octanol–water partition coefficient (Wildman–Crippen LogP) is 3.80. The first-order chi connectivity index (χ1) is 16.2. The van der Waals surface area contributed by atoms with Crippen LogP contribution in [0.25, 0.3) is 27.9 Å². The van der Waals surface area contributed by atoms with E-state index >= 15 is 0 Å².